The fourth-order valence-corrected chi connectivity index (χ4v) is 4.67. The largest absolute Gasteiger partial charge is 0.476 e. The molecule has 1 aliphatic heterocycles. The molecule has 1 atom stereocenters. The molecular formula is C29H31F2NO3. The number of esters is 1. The average Bonchev–Trinajstić information content (AvgIpc) is 2.85. The van der Waals surface area contributed by atoms with E-state index >= 15 is 0 Å². The van der Waals surface area contributed by atoms with Crippen molar-refractivity contribution in [3.05, 3.63) is 89.5 Å². The van der Waals surface area contributed by atoms with Gasteiger partial charge in [0.15, 0.2) is 17.2 Å². The molecule has 4 nitrogen and oxygen atoms in total. The number of hydrogen-bond acceptors (Lipinski definition) is 4. The van der Waals surface area contributed by atoms with Crippen LogP contribution in [0, 0.1) is 11.6 Å². The molecule has 0 spiro atoms. The first-order valence-corrected chi connectivity index (χ1v) is 11.9. The van der Waals surface area contributed by atoms with Crippen molar-refractivity contribution >= 4 is 5.97 Å². The van der Waals surface area contributed by atoms with Gasteiger partial charge < -0.3 is 9.47 Å². The minimum absolute atomic E-state index is 0.350. The molecule has 184 valence electrons. The molecule has 0 amide bonds. The van der Waals surface area contributed by atoms with E-state index in [1.54, 1.807) is 19.9 Å². The van der Waals surface area contributed by atoms with Gasteiger partial charge in [0.25, 0.3) is 0 Å². The highest BCUT2D eigenvalue weighted by Gasteiger charge is 2.31. The number of carbonyl (C=O) groups excluding carboxylic acids is 1. The van der Waals surface area contributed by atoms with Crippen molar-refractivity contribution in [2.45, 2.75) is 44.8 Å². The lowest BCUT2D eigenvalue weighted by molar-refractivity contribution is -0.156. The molecule has 4 rings (SSSR count). The third-order valence-electron chi connectivity index (χ3n) is 6.47. The zero-order chi connectivity index (χ0) is 25.0. The Morgan fingerprint density at radius 1 is 1.00 bits per heavy atom. The predicted molar refractivity (Wildman–Crippen MR) is 132 cm³/mol. The summed E-state index contributed by atoms with van der Waals surface area (Å²) in [5.41, 5.74) is 2.78. The second-order valence-electron chi connectivity index (χ2n) is 9.58. The molecule has 35 heavy (non-hydrogen) atoms. The Morgan fingerprint density at radius 3 is 2.54 bits per heavy atom. The Balaban J connectivity index is 1.45. The number of carbonyl (C=O) groups is 1. The highest BCUT2D eigenvalue weighted by atomic mass is 19.2. The molecule has 1 aliphatic rings. The zero-order valence-corrected chi connectivity index (χ0v) is 20.4. The maximum Gasteiger partial charge on any atom is 0.349 e. The molecule has 0 N–H and O–H groups in total. The van der Waals surface area contributed by atoms with Crippen LogP contribution < -0.4 is 4.74 Å². The van der Waals surface area contributed by atoms with Crippen LogP contribution in [-0.2, 0) is 16.1 Å². The van der Waals surface area contributed by atoms with Crippen molar-refractivity contribution in [2.75, 3.05) is 20.2 Å². The van der Waals surface area contributed by atoms with Crippen LogP contribution in [0.1, 0.15) is 43.7 Å². The molecular weight excluding hydrogens is 448 g/mol. The number of benzene rings is 3. The summed E-state index contributed by atoms with van der Waals surface area (Å²) in [6, 6.07) is 19.9. The molecule has 1 heterocycles. The predicted octanol–water partition coefficient (Wildman–Crippen LogP) is 6.34. The molecule has 0 saturated carbocycles. The summed E-state index contributed by atoms with van der Waals surface area (Å²) in [6.45, 7) is 6.07. The molecule has 0 radical (unpaired) electrons. The van der Waals surface area contributed by atoms with Crippen LogP contribution in [0.15, 0.2) is 66.7 Å². The summed E-state index contributed by atoms with van der Waals surface area (Å²) in [5.74, 6) is -1.10. The molecule has 1 saturated heterocycles. The van der Waals surface area contributed by atoms with Crippen molar-refractivity contribution < 1.29 is 23.0 Å². The van der Waals surface area contributed by atoms with E-state index in [4.69, 9.17) is 9.47 Å². The van der Waals surface area contributed by atoms with E-state index in [9.17, 15) is 13.6 Å². The maximum atomic E-state index is 13.7. The smallest absolute Gasteiger partial charge is 0.349 e. The highest BCUT2D eigenvalue weighted by molar-refractivity contribution is 5.78. The number of nitrogens with zero attached hydrogens (tertiary/aromatic N) is 1. The van der Waals surface area contributed by atoms with Gasteiger partial charge in [-0.2, -0.15) is 0 Å². The van der Waals surface area contributed by atoms with Crippen molar-refractivity contribution in [1.29, 1.82) is 0 Å². The van der Waals surface area contributed by atoms with E-state index in [-0.39, 0.29) is 0 Å². The first kappa shape index (κ1) is 24.9. The Bertz CT molecular complexity index is 1190. The Labute approximate surface area is 205 Å². The van der Waals surface area contributed by atoms with Gasteiger partial charge in [-0.25, -0.2) is 13.6 Å². The lowest BCUT2D eigenvalue weighted by Crippen LogP contribution is -2.39. The van der Waals surface area contributed by atoms with Gasteiger partial charge in [-0.1, -0.05) is 36.4 Å². The standard InChI is InChI=1S/C29H31F2NO3/c1-29(2,28(33)34-3)35-25-11-5-9-22(16-25)24-10-6-14-32(19-24)18-20-7-4-8-21(15-20)23-12-13-26(30)27(31)17-23/h4-5,7-9,11-13,15-17,24H,6,10,14,18-19H2,1-3H3. The van der Waals surface area contributed by atoms with Gasteiger partial charge in [0.1, 0.15) is 5.75 Å². The molecule has 1 fully saturated rings. The van der Waals surface area contributed by atoms with E-state index in [0.29, 0.717) is 17.2 Å². The summed E-state index contributed by atoms with van der Waals surface area (Å²) < 4.78 is 37.8. The molecule has 0 aromatic heterocycles. The number of hydrogen-bond donors (Lipinski definition) is 0. The second-order valence-corrected chi connectivity index (χ2v) is 9.58. The van der Waals surface area contributed by atoms with Gasteiger partial charge in [-0.05, 0) is 91.7 Å². The third-order valence-corrected chi connectivity index (χ3v) is 6.47. The van der Waals surface area contributed by atoms with Crippen LogP contribution in [0.3, 0.4) is 0 Å². The van der Waals surface area contributed by atoms with Gasteiger partial charge >= 0.3 is 5.97 Å². The van der Waals surface area contributed by atoms with E-state index in [2.05, 4.69) is 17.0 Å². The number of methoxy groups -OCH3 is 1. The lowest BCUT2D eigenvalue weighted by Gasteiger charge is -2.33. The molecule has 6 heteroatoms. The van der Waals surface area contributed by atoms with Gasteiger partial charge in [-0.3, -0.25) is 4.90 Å². The summed E-state index contributed by atoms with van der Waals surface area (Å²) >= 11 is 0. The molecule has 1 unspecified atom stereocenters. The first-order valence-electron chi connectivity index (χ1n) is 11.9. The number of rotatable bonds is 7. The summed E-state index contributed by atoms with van der Waals surface area (Å²) in [5, 5.41) is 0. The minimum atomic E-state index is -1.07. The van der Waals surface area contributed by atoms with Crippen LogP contribution in [0.25, 0.3) is 11.1 Å². The molecule has 3 aromatic rings. The Morgan fingerprint density at radius 2 is 1.77 bits per heavy atom. The van der Waals surface area contributed by atoms with E-state index in [0.717, 1.165) is 49.7 Å². The minimum Gasteiger partial charge on any atom is -0.476 e. The van der Waals surface area contributed by atoms with Crippen LogP contribution in [0.2, 0.25) is 0 Å². The number of likely N-dealkylation sites (tertiary alicyclic amines) is 1. The van der Waals surface area contributed by atoms with Crippen molar-refractivity contribution in [3.63, 3.8) is 0 Å². The van der Waals surface area contributed by atoms with E-state index in [1.807, 2.05) is 36.4 Å². The normalized spacial score (nSPS) is 16.7. The second kappa shape index (κ2) is 10.6. The SMILES string of the molecule is COC(=O)C(C)(C)Oc1cccc(C2CCCN(Cc3cccc(-c4ccc(F)c(F)c4)c3)C2)c1. The van der Waals surface area contributed by atoms with Crippen molar-refractivity contribution in [1.82, 2.24) is 4.90 Å². The van der Waals surface area contributed by atoms with Crippen LogP contribution >= 0.6 is 0 Å². The summed E-state index contributed by atoms with van der Waals surface area (Å²) in [4.78, 5) is 14.4. The van der Waals surface area contributed by atoms with Crippen molar-refractivity contribution in [2.24, 2.45) is 0 Å². The summed E-state index contributed by atoms with van der Waals surface area (Å²) in [7, 11) is 1.36. The Kier molecular flexibility index (Phi) is 7.51. The molecule has 0 bridgehead atoms. The summed E-state index contributed by atoms with van der Waals surface area (Å²) in [6.07, 6.45) is 2.15. The number of halogens is 2. The number of ether oxygens (including phenoxy) is 2. The monoisotopic (exact) mass is 479 g/mol. The highest BCUT2D eigenvalue weighted by Crippen LogP contribution is 2.31. The first-order chi connectivity index (χ1) is 16.7. The van der Waals surface area contributed by atoms with Gasteiger partial charge in [-0.15, -0.1) is 0 Å². The van der Waals surface area contributed by atoms with Crippen LogP contribution in [-0.4, -0.2) is 36.7 Å². The van der Waals surface area contributed by atoms with E-state index in [1.165, 1.54) is 18.7 Å². The lowest BCUT2D eigenvalue weighted by atomic mass is 9.90. The van der Waals surface area contributed by atoms with Crippen LogP contribution in [0.4, 0.5) is 8.78 Å². The molecule has 3 aromatic carbocycles. The van der Waals surface area contributed by atoms with Gasteiger partial charge in [0.2, 0.25) is 0 Å². The maximum absolute atomic E-state index is 13.7. The van der Waals surface area contributed by atoms with Crippen LogP contribution in [0.5, 0.6) is 5.75 Å². The fourth-order valence-electron chi connectivity index (χ4n) is 4.67. The fraction of sp³-hybridized carbons (Fsp3) is 0.345. The van der Waals surface area contributed by atoms with E-state index < -0.39 is 23.2 Å². The van der Waals surface area contributed by atoms with Gasteiger partial charge in [0.05, 0.1) is 7.11 Å². The number of piperidine rings is 1. The van der Waals surface area contributed by atoms with Gasteiger partial charge in [0, 0.05) is 13.1 Å². The third kappa shape index (κ3) is 6.06. The topological polar surface area (TPSA) is 38.8 Å². The average molecular weight is 480 g/mol. The molecule has 0 aliphatic carbocycles. The van der Waals surface area contributed by atoms with Crippen molar-refractivity contribution in [3.8, 4) is 16.9 Å². The quantitative estimate of drug-likeness (QED) is 0.371. The zero-order valence-electron chi connectivity index (χ0n) is 20.4. The Hall–Kier alpha value is -3.25.